The summed E-state index contributed by atoms with van der Waals surface area (Å²) in [6, 6.07) is 7.39. The predicted octanol–water partition coefficient (Wildman–Crippen LogP) is 2.08. The molecule has 0 fully saturated rings. The van der Waals surface area contributed by atoms with Gasteiger partial charge in [-0.15, -0.1) is 0 Å². The molecule has 1 unspecified atom stereocenters. The van der Waals surface area contributed by atoms with Gasteiger partial charge in [0.15, 0.2) is 0 Å². The number of rotatable bonds is 4. The van der Waals surface area contributed by atoms with Gasteiger partial charge in [0.1, 0.15) is 10.9 Å². The molecule has 0 aliphatic heterocycles. The van der Waals surface area contributed by atoms with Crippen LogP contribution in [0.25, 0.3) is 0 Å². The van der Waals surface area contributed by atoms with Gasteiger partial charge in [-0.2, -0.15) is 0 Å². The maximum Gasteiger partial charge on any atom is 0.129 e. The standard InChI is InChI=1S/C11H12ClN3O/c12-11-6-8(3-4-14-11)10(15-13)7-9-2-1-5-16-9/h1-6,10,15H,7,13H2. The molecule has 0 saturated carbocycles. The molecule has 0 amide bonds. The van der Waals surface area contributed by atoms with Gasteiger partial charge in [-0.3, -0.25) is 11.3 Å². The van der Waals surface area contributed by atoms with Gasteiger partial charge in [-0.1, -0.05) is 11.6 Å². The van der Waals surface area contributed by atoms with Gasteiger partial charge >= 0.3 is 0 Å². The van der Waals surface area contributed by atoms with Crippen LogP contribution >= 0.6 is 11.6 Å². The van der Waals surface area contributed by atoms with E-state index in [1.54, 1.807) is 18.5 Å². The van der Waals surface area contributed by atoms with E-state index >= 15 is 0 Å². The van der Waals surface area contributed by atoms with Gasteiger partial charge in [0.25, 0.3) is 0 Å². The molecule has 0 bridgehead atoms. The van der Waals surface area contributed by atoms with E-state index in [0.29, 0.717) is 11.6 Å². The van der Waals surface area contributed by atoms with Crippen molar-refractivity contribution < 1.29 is 4.42 Å². The van der Waals surface area contributed by atoms with Crippen LogP contribution in [-0.4, -0.2) is 4.98 Å². The minimum atomic E-state index is -0.0355. The van der Waals surface area contributed by atoms with E-state index in [-0.39, 0.29) is 6.04 Å². The van der Waals surface area contributed by atoms with E-state index in [9.17, 15) is 0 Å². The van der Waals surface area contributed by atoms with Gasteiger partial charge in [-0.25, -0.2) is 4.98 Å². The van der Waals surface area contributed by atoms with Crippen LogP contribution < -0.4 is 11.3 Å². The van der Waals surface area contributed by atoms with E-state index < -0.39 is 0 Å². The van der Waals surface area contributed by atoms with Crippen LogP contribution in [0.2, 0.25) is 5.15 Å². The lowest BCUT2D eigenvalue weighted by atomic mass is 10.0. The highest BCUT2D eigenvalue weighted by molar-refractivity contribution is 6.29. The van der Waals surface area contributed by atoms with Gasteiger partial charge in [-0.05, 0) is 29.8 Å². The summed E-state index contributed by atoms with van der Waals surface area (Å²) in [4.78, 5) is 3.93. The Morgan fingerprint density at radius 1 is 1.50 bits per heavy atom. The molecule has 2 heterocycles. The normalized spacial score (nSPS) is 12.6. The van der Waals surface area contributed by atoms with Gasteiger partial charge < -0.3 is 4.42 Å². The second-order valence-corrected chi connectivity index (χ2v) is 3.80. The number of aromatic nitrogens is 1. The number of nitrogens with two attached hydrogens (primary N) is 1. The Morgan fingerprint density at radius 3 is 3.00 bits per heavy atom. The van der Waals surface area contributed by atoms with Gasteiger partial charge in [0, 0.05) is 12.6 Å². The summed E-state index contributed by atoms with van der Waals surface area (Å²) in [6.45, 7) is 0. The van der Waals surface area contributed by atoms with E-state index in [1.165, 1.54) is 0 Å². The topological polar surface area (TPSA) is 64.1 Å². The Hall–Kier alpha value is -1.36. The third-order valence-electron chi connectivity index (χ3n) is 2.34. The molecule has 0 spiro atoms. The van der Waals surface area contributed by atoms with Crippen molar-refractivity contribution in [3.05, 3.63) is 53.2 Å². The van der Waals surface area contributed by atoms with Crippen molar-refractivity contribution in [2.75, 3.05) is 0 Å². The zero-order valence-corrected chi connectivity index (χ0v) is 9.32. The molecule has 2 aromatic rings. The summed E-state index contributed by atoms with van der Waals surface area (Å²) >= 11 is 5.82. The summed E-state index contributed by atoms with van der Waals surface area (Å²) < 4.78 is 5.27. The second kappa shape index (κ2) is 5.12. The van der Waals surface area contributed by atoms with Crippen LogP contribution in [0, 0.1) is 0 Å². The fourth-order valence-electron chi connectivity index (χ4n) is 1.54. The highest BCUT2D eigenvalue weighted by Gasteiger charge is 2.12. The first-order chi connectivity index (χ1) is 7.79. The van der Waals surface area contributed by atoms with Crippen molar-refractivity contribution >= 4 is 11.6 Å². The van der Waals surface area contributed by atoms with E-state index in [0.717, 1.165) is 11.3 Å². The van der Waals surface area contributed by atoms with Crippen LogP contribution in [0.4, 0.5) is 0 Å². The van der Waals surface area contributed by atoms with Crippen LogP contribution in [-0.2, 0) is 6.42 Å². The molecular formula is C11H12ClN3O. The molecule has 0 aliphatic rings. The number of hydrogen-bond acceptors (Lipinski definition) is 4. The molecule has 3 N–H and O–H groups in total. The fraction of sp³-hybridized carbons (Fsp3) is 0.182. The smallest absolute Gasteiger partial charge is 0.129 e. The molecule has 0 saturated heterocycles. The summed E-state index contributed by atoms with van der Waals surface area (Å²) in [5.74, 6) is 6.39. The van der Waals surface area contributed by atoms with Crippen LogP contribution in [0.3, 0.4) is 0 Å². The summed E-state index contributed by atoms with van der Waals surface area (Å²) in [5, 5.41) is 0.456. The molecule has 4 nitrogen and oxygen atoms in total. The minimum Gasteiger partial charge on any atom is -0.469 e. The molecule has 1 atom stereocenters. The largest absolute Gasteiger partial charge is 0.469 e. The molecule has 84 valence electrons. The zero-order chi connectivity index (χ0) is 11.4. The average Bonchev–Trinajstić information content (AvgIpc) is 2.78. The Morgan fingerprint density at radius 2 is 2.38 bits per heavy atom. The fourth-order valence-corrected chi connectivity index (χ4v) is 1.72. The molecule has 2 aromatic heterocycles. The van der Waals surface area contributed by atoms with Crippen molar-refractivity contribution in [1.29, 1.82) is 0 Å². The lowest BCUT2D eigenvalue weighted by Crippen LogP contribution is -2.29. The summed E-state index contributed by atoms with van der Waals surface area (Å²) in [7, 11) is 0. The molecule has 0 radical (unpaired) electrons. The number of furan rings is 1. The van der Waals surface area contributed by atoms with E-state index in [4.69, 9.17) is 21.9 Å². The predicted molar refractivity (Wildman–Crippen MR) is 61.7 cm³/mol. The maximum absolute atomic E-state index is 5.82. The minimum absolute atomic E-state index is 0.0355. The van der Waals surface area contributed by atoms with Gasteiger partial charge in [0.2, 0.25) is 0 Å². The number of nitrogens with one attached hydrogen (secondary N) is 1. The molecule has 0 aliphatic carbocycles. The third-order valence-corrected chi connectivity index (χ3v) is 2.55. The molecule has 16 heavy (non-hydrogen) atoms. The molecule has 5 heteroatoms. The molecular weight excluding hydrogens is 226 g/mol. The van der Waals surface area contributed by atoms with Crippen LogP contribution in [0.15, 0.2) is 41.1 Å². The quantitative estimate of drug-likeness (QED) is 0.486. The Labute approximate surface area is 98.4 Å². The Balaban J connectivity index is 2.16. The highest BCUT2D eigenvalue weighted by Crippen LogP contribution is 2.19. The highest BCUT2D eigenvalue weighted by atomic mass is 35.5. The van der Waals surface area contributed by atoms with Crippen LogP contribution in [0.5, 0.6) is 0 Å². The Bertz CT molecular complexity index is 444. The first kappa shape index (κ1) is 11.1. The lowest BCUT2D eigenvalue weighted by molar-refractivity contribution is 0.454. The van der Waals surface area contributed by atoms with E-state index in [1.807, 2.05) is 18.2 Å². The monoisotopic (exact) mass is 237 g/mol. The van der Waals surface area contributed by atoms with Crippen molar-refractivity contribution in [2.24, 2.45) is 5.84 Å². The maximum atomic E-state index is 5.82. The molecule has 0 aromatic carbocycles. The van der Waals surface area contributed by atoms with E-state index in [2.05, 4.69) is 10.4 Å². The van der Waals surface area contributed by atoms with Crippen molar-refractivity contribution in [3.63, 3.8) is 0 Å². The van der Waals surface area contributed by atoms with Crippen molar-refractivity contribution in [2.45, 2.75) is 12.5 Å². The number of pyridine rings is 1. The van der Waals surface area contributed by atoms with Crippen molar-refractivity contribution in [1.82, 2.24) is 10.4 Å². The van der Waals surface area contributed by atoms with Crippen molar-refractivity contribution in [3.8, 4) is 0 Å². The SMILES string of the molecule is NNC(Cc1ccco1)c1ccnc(Cl)c1. The number of halogens is 1. The summed E-state index contributed by atoms with van der Waals surface area (Å²) in [5.41, 5.74) is 3.72. The number of hydrogen-bond donors (Lipinski definition) is 2. The number of hydrazine groups is 1. The first-order valence-electron chi connectivity index (χ1n) is 4.89. The van der Waals surface area contributed by atoms with Gasteiger partial charge in [0.05, 0.1) is 12.3 Å². The third kappa shape index (κ3) is 2.61. The lowest BCUT2D eigenvalue weighted by Gasteiger charge is -2.14. The zero-order valence-electron chi connectivity index (χ0n) is 8.56. The Kier molecular flexibility index (Phi) is 3.56. The number of nitrogens with zero attached hydrogens (tertiary/aromatic N) is 1. The molecule has 2 rings (SSSR count). The second-order valence-electron chi connectivity index (χ2n) is 3.41. The summed E-state index contributed by atoms with van der Waals surface area (Å²) in [6.07, 6.45) is 3.97. The first-order valence-corrected chi connectivity index (χ1v) is 5.27. The average molecular weight is 238 g/mol. The van der Waals surface area contributed by atoms with Crippen LogP contribution in [0.1, 0.15) is 17.4 Å².